The predicted octanol–water partition coefficient (Wildman–Crippen LogP) is 3.62. The molecule has 2 atom stereocenters. The first-order chi connectivity index (χ1) is 9.85. The fourth-order valence-electron chi connectivity index (χ4n) is 2.46. The van der Waals surface area contributed by atoms with Crippen LogP contribution in [0.4, 0.5) is 0 Å². The Bertz CT molecular complexity index is 437. The van der Waals surface area contributed by atoms with E-state index in [1.807, 2.05) is 0 Å². The van der Waals surface area contributed by atoms with Gasteiger partial charge in [-0.25, -0.2) is 0 Å². The van der Waals surface area contributed by atoms with E-state index in [1.165, 1.54) is 11.1 Å². The van der Waals surface area contributed by atoms with Gasteiger partial charge in [0.2, 0.25) is 5.91 Å². The third kappa shape index (κ3) is 5.50. The maximum absolute atomic E-state index is 12.0. The van der Waals surface area contributed by atoms with Gasteiger partial charge in [-0.05, 0) is 36.3 Å². The Morgan fingerprint density at radius 2 is 1.52 bits per heavy atom. The Balaban J connectivity index is 2.76. The third-order valence-electron chi connectivity index (χ3n) is 3.82. The van der Waals surface area contributed by atoms with E-state index in [9.17, 15) is 4.79 Å². The predicted molar refractivity (Wildman–Crippen MR) is 89.4 cm³/mol. The molecule has 0 aliphatic heterocycles. The molecule has 0 saturated heterocycles. The second-order valence-corrected chi connectivity index (χ2v) is 6.51. The van der Waals surface area contributed by atoms with Crippen LogP contribution in [0.5, 0.6) is 0 Å². The number of likely N-dealkylation sites (N-methyl/N-ethyl adjacent to an activating group) is 1. The third-order valence-corrected chi connectivity index (χ3v) is 3.82. The van der Waals surface area contributed by atoms with E-state index in [0.717, 1.165) is 6.42 Å². The minimum absolute atomic E-state index is 0.0642. The van der Waals surface area contributed by atoms with E-state index in [0.29, 0.717) is 11.8 Å². The quantitative estimate of drug-likeness (QED) is 0.805. The molecule has 0 fully saturated rings. The van der Waals surface area contributed by atoms with Crippen LogP contribution in [0.15, 0.2) is 24.3 Å². The highest BCUT2D eigenvalue weighted by Crippen LogP contribution is 2.19. The molecule has 0 saturated carbocycles. The number of rotatable bonds is 7. The summed E-state index contributed by atoms with van der Waals surface area (Å²) in [6.07, 6.45) is 0.841. The second-order valence-electron chi connectivity index (χ2n) is 6.51. The van der Waals surface area contributed by atoms with Crippen molar-refractivity contribution in [3.05, 3.63) is 35.4 Å². The minimum Gasteiger partial charge on any atom is -0.358 e. The largest absolute Gasteiger partial charge is 0.358 e. The number of amides is 1. The number of carbonyl (C=O) groups excluding carboxylic acids is 1. The lowest BCUT2D eigenvalue weighted by atomic mass is 9.98. The van der Waals surface area contributed by atoms with Crippen molar-refractivity contribution in [2.45, 2.75) is 59.0 Å². The average molecular weight is 290 g/mol. The molecule has 3 nitrogen and oxygen atoms in total. The average Bonchev–Trinajstić information content (AvgIpc) is 2.45. The molecule has 21 heavy (non-hydrogen) atoms. The Morgan fingerprint density at radius 1 is 1.00 bits per heavy atom. The van der Waals surface area contributed by atoms with Gasteiger partial charge < -0.3 is 5.32 Å². The molecule has 2 N–H and O–H groups in total. The topological polar surface area (TPSA) is 41.1 Å². The van der Waals surface area contributed by atoms with Crippen LogP contribution in [0.25, 0.3) is 0 Å². The van der Waals surface area contributed by atoms with Crippen LogP contribution < -0.4 is 10.6 Å². The van der Waals surface area contributed by atoms with Crippen LogP contribution >= 0.6 is 0 Å². The molecule has 1 aromatic rings. The molecular formula is C18H30N2O. The highest BCUT2D eigenvalue weighted by atomic mass is 16.2. The smallest absolute Gasteiger partial charge is 0.236 e. The first-order valence-corrected chi connectivity index (χ1v) is 7.92. The van der Waals surface area contributed by atoms with Crippen LogP contribution in [0, 0.1) is 5.92 Å². The van der Waals surface area contributed by atoms with Crippen molar-refractivity contribution >= 4 is 5.91 Å². The Labute approximate surface area is 129 Å². The molecule has 0 bridgehead atoms. The van der Waals surface area contributed by atoms with Crippen molar-refractivity contribution in [3.63, 3.8) is 0 Å². The van der Waals surface area contributed by atoms with Crippen LogP contribution in [0.3, 0.4) is 0 Å². The van der Waals surface area contributed by atoms with E-state index in [1.54, 1.807) is 7.05 Å². The van der Waals surface area contributed by atoms with Gasteiger partial charge in [-0.2, -0.15) is 0 Å². The van der Waals surface area contributed by atoms with E-state index < -0.39 is 0 Å². The number of benzene rings is 1. The monoisotopic (exact) mass is 290 g/mol. The molecule has 0 aliphatic rings. The number of hydrogen-bond donors (Lipinski definition) is 2. The minimum atomic E-state index is -0.144. The fourth-order valence-corrected chi connectivity index (χ4v) is 2.46. The molecule has 0 radical (unpaired) electrons. The van der Waals surface area contributed by atoms with Gasteiger partial charge in [0, 0.05) is 13.1 Å². The molecular weight excluding hydrogens is 260 g/mol. The summed E-state index contributed by atoms with van der Waals surface area (Å²) in [5.74, 6) is 1.09. The van der Waals surface area contributed by atoms with Gasteiger partial charge in [0.05, 0.1) is 6.04 Å². The summed E-state index contributed by atoms with van der Waals surface area (Å²) < 4.78 is 0. The first kappa shape index (κ1) is 17.7. The summed E-state index contributed by atoms with van der Waals surface area (Å²) >= 11 is 0. The van der Waals surface area contributed by atoms with Crippen LogP contribution in [-0.2, 0) is 4.79 Å². The summed E-state index contributed by atoms with van der Waals surface area (Å²) in [5, 5.41) is 6.20. The maximum Gasteiger partial charge on any atom is 0.236 e. The molecule has 0 spiro atoms. The Kier molecular flexibility index (Phi) is 6.90. The van der Waals surface area contributed by atoms with Gasteiger partial charge >= 0.3 is 0 Å². The van der Waals surface area contributed by atoms with Gasteiger partial charge in [0.25, 0.3) is 0 Å². The van der Waals surface area contributed by atoms with Gasteiger partial charge in [0.15, 0.2) is 0 Å². The van der Waals surface area contributed by atoms with Crippen LogP contribution in [-0.4, -0.2) is 19.0 Å². The van der Waals surface area contributed by atoms with Gasteiger partial charge in [-0.1, -0.05) is 52.0 Å². The molecule has 3 heteroatoms. The zero-order valence-corrected chi connectivity index (χ0v) is 14.2. The summed E-state index contributed by atoms with van der Waals surface area (Å²) in [5.41, 5.74) is 2.56. The molecule has 118 valence electrons. The van der Waals surface area contributed by atoms with Crippen molar-refractivity contribution < 1.29 is 4.79 Å². The van der Waals surface area contributed by atoms with Gasteiger partial charge in [0.1, 0.15) is 0 Å². The number of nitrogens with one attached hydrogen (secondary N) is 2. The summed E-state index contributed by atoms with van der Waals surface area (Å²) in [6, 6.07) is 8.68. The fraction of sp³-hybridized carbons (Fsp3) is 0.611. The van der Waals surface area contributed by atoms with Gasteiger partial charge in [-0.15, -0.1) is 0 Å². The standard InChI is InChI=1S/C18H30N2O/c1-12(2)11-17(18(21)19-6)20-14(5)16-9-7-15(8-10-16)13(3)4/h7-10,12-14,17,20H,11H2,1-6H3,(H,19,21). The SMILES string of the molecule is CNC(=O)C(CC(C)C)NC(C)c1ccc(C(C)C)cc1. The van der Waals surface area contributed by atoms with E-state index in [-0.39, 0.29) is 18.0 Å². The van der Waals surface area contributed by atoms with E-state index in [4.69, 9.17) is 0 Å². The lowest BCUT2D eigenvalue weighted by molar-refractivity contribution is -0.123. The maximum atomic E-state index is 12.0. The lowest BCUT2D eigenvalue weighted by Gasteiger charge is -2.24. The summed E-state index contributed by atoms with van der Waals surface area (Å²) in [6.45, 7) is 10.8. The molecule has 0 aliphatic carbocycles. The number of carbonyl (C=O) groups is 1. The van der Waals surface area contributed by atoms with Crippen molar-refractivity contribution in [3.8, 4) is 0 Å². The van der Waals surface area contributed by atoms with Gasteiger partial charge in [-0.3, -0.25) is 10.1 Å². The highest BCUT2D eigenvalue weighted by molar-refractivity contribution is 5.81. The molecule has 0 heterocycles. The Hall–Kier alpha value is -1.35. The van der Waals surface area contributed by atoms with Crippen molar-refractivity contribution in [1.82, 2.24) is 10.6 Å². The van der Waals surface area contributed by atoms with Crippen molar-refractivity contribution in [2.75, 3.05) is 7.05 Å². The first-order valence-electron chi connectivity index (χ1n) is 7.92. The van der Waals surface area contributed by atoms with Crippen LogP contribution in [0.2, 0.25) is 0 Å². The zero-order valence-electron chi connectivity index (χ0n) is 14.2. The van der Waals surface area contributed by atoms with E-state index >= 15 is 0 Å². The van der Waals surface area contributed by atoms with E-state index in [2.05, 4.69) is 69.5 Å². The lowest BCUT2D eigenvalue weighted by Crippen LogP contribution is -2.44. The normalized spacial score (nSPS) is 14.3. The second kappa shape index (κ2) is 8.18. The highest BCUT2D eigenvalue weighted by Gasteiger charge is 2.21. The van der Waals surface area contributed by atoms with Crippen LogP contribution in [0.1, 0.15) is 64.1 Å². The summed E-state index contributed by atoms with van der Waals surface area (Å²) in [7, 11) is 1.69. The zero-order chi connectivity index (χ0) is 16.0. The van der Waals surface area contributed by atoms with Crippen molar-refractivity contribution in [2.24, 2.45) is 5.92 Å². The molecule has 0 aromatic heterocycles. The summed E-state index contributed by atoms with van der Waals surface area (Å²) in [4.78, 5) is 12.0. The Morgan fingerprint density at radius 3 is 1.95 bits per heavy atom. The molecule has 1 amide bonds. The molecule has 2 unspecified atom stereocenters. The van der Waals surface area contributed by atoms with Crippen molar-refractivity contribution in [1.29, 1.82) is 0 Å². The molecule has 1 aromatic carbocycles. The number of hydrogen-bond acceptors (Lipinski definition) is 2. The molecule has 1 rings (SSSR count).